The van der Waals surface area contributed by atoms with Crippen LogP contribution in [-0.4, -0.2) is 49.4 Å². The molecular weight excluding hydrogens is 352 g/mol. The number of carbonyl (C=O) groups is 2. The summed E-state index contributed by atoms with van der Waals surface area (Å²) in [6.45, 7) is 5.69. The summed E-state index contributed by atoms with van der Waals surface area (Å²) in [7, 11) is 1.70. The van der Waals surface area contributed by atoms with Gasteiger partial charge in [0, 0.05) is 26.7 Å². The predicted octanol–water partition coefficient (Wildman–Crippen LogP) is 2.56. The van der Waals surface area contributed by atoms with Crippen molar-refractivity contribution >= 4 is 17.8 Å². The van der Waals surface area contributed by atoms with E-state index >= 15 is 0 Å². The van der Waals surface area contributed by atoms with Gasteiger partial charge in [-0.15, -0.1) is 0 Å². The number of rotatable bonds is 6. The summed E-state index contributed by atoms with van der Waals surface area (Å²) < 4.78 is 0. The quantitative estimate of drug-likeness (QED) is 0.460. The molecule has 0 aliphatic carbocycles. The normalized spacial score (nSPS) is 14.8. The monoisotopic (exact) mass is 378 g/mol. The van der Waals surface area contributed by atoms with Crippen LogP contribution in [0, 0.1) is 6.92 Å². The highest BCUT2D eigenvalue weighted by Gasteiger charge is 2.34. The molecule has 0 saturated heterocycles. The summed E-state index contributed by atoms with van der Waals surface area (Å²) >= 11 is 0. The Balaban J connectivity index is 1.48. The third-order valence-electron chi connectivity index (χ3n) is 4.95. The molecule has 0 saturated carbocycles. The van der Waals surface area contributed by atoms with Crippen molar-refractivity contribution in [2.75, 3.05) is 26.7 Å². The average Bonchev–Trinajstić information content (AvgIpc) is 2.95. The predicted molar refractivity (Wildman–Crippen MR) is 111 cm³/mol. The molecule has 146 valence electrons. The number of imide groups is 1. The Bertz CT molecular complexity index is 855. The lowest BCUT2D eigenvalue weighted by Gasteiger charge is -2.18. The highest BCUT2D eigenvalue weighted by Crippen LogP contribution is 2.21. The minimum atomic E-state index is -0.238. The van der Waals surface area contributed by atoms with Crippen LogP contribution in [-0.2, 0) is 0 Å². The molecular formula is C22H26N4O2. The van der Waals surface area contributed by atoms with Crippen molar-refractivity contribution in [2.24, 2.45) is 4.99 Å². The number of amides is 2. The number of hydrogen-bond donors (Lipinski definition) is 2. The standard InChI is InChI=1S/C22H26N4O2/c1-15-8-10-17(11-9-15)16(2)14-25-22(23-3)24-12-13-26-20(27)18-6-4-5-7-19(18)21(26)28/h4-11,16H,12-14H2,1-3H3,(H2,23,24,25). The fourth-order valence-corrected chi connectivity index (χ4v) is 3.21. The van der Waals surface area contributed by atoms with Crippen LogP contribution >= 0.6 is 0 Å². The van der Waals surface area contributed by atoms with Crippen LogP contribution in [0.4, 0.5) is 0 Å². The molecule has 6 nitrogen and oxygen atoms in total. The van der Waals surface area contributed by atoms with E-state index in [4.69, 9.17) is 0 Å². The summed E-state index contributed by atoms with van der Waals surface area (Å²) in [5.74, 6) is 0.502. The largest absolute Gasteiger partial charge is 0.356 e. The average molecular weight is 378 g/mol. The van der Waals surface area contributed by atoms with Crippen LogP contribution in [0.25, 0.3) is 0 Å². The van der Waals surface area contributed by atoms with E-state index < -0.39 is 0 Å². The van der Waals surface area contributed by atoms with Crippen LogP contribution < -0.4 is 10.6 Å². The maximum Gasteiger partial charge on any atom is 0.261 e. The highest BCUT2D eigenvalue weighted by atomic mass is 16.2. The molecule has 3 rings (SSSR count). The topological polar surface area (TPSA) is 73.8 Å². The zero-order chi connectivity index (χ0) is 20.1. The van der Waals surface area contributed by atoms with Gasteiger partial charge in [-0.05, 0) is 30.5 Å². The van der Waals surface area contributed by atoms with Gasteiger partial charge in [0.2, 0.25) is 0 Å². The molecule has 2 aromatic rings. The van der Waals surface area contributed by atoms with Gasteiger partial charge in [-0.3, -0.25) is 19.5 Å². The smallest absolute Gasteiger partial charge is 0.261 e. The Morgan fingerprint density at radius 1 is 1.00 bits per heavy atom. The second-order valence-corrected chi connectivity index (χ2v) is 7.00. The molecule has 0 aromatic heterocycles. The fourth-order valence-electron chi connectivity index (χ4n) is 3.21. The second-order valence-electron chi connectivity index (χ2n) is 7.00. The van der Waals surface area contributed by atoms with E-state index in [1.165, 1.54) is 16.0 Å². The molecule has 28 heavy (non-hydrogen) atoms. The Morgan fingerprint density at radius 3 is 2.18 bits per heavy atom. The zero-order valence-electron chi connectivity index (χ0n) is 16.5. The van der Waals surface area contributed by atoms with Crippen LogP contribution in [0.2, 0.25) is 0 Å². The highest BCUT2D eigenvalue weighted by molar-refractivity contribution is 6.21. The van der Waals surface area contributed by atoms with Gasteiger partial charge in [-0.1, -0.05) is 48.9 Å². The molecule has 1 aliphatic rings. The maximum absolute atomic E-state index is 12.4. The molecule has 1 unspecified atom stereocenters. The number of hydrogen-bond acceptors (Lipinski definition) is 3. The van der Waals surface area contributed by atoms with Crippen molar-refractivity contribution in [1.29, 1.82) is 0 Å². The maximum atomic E-state index is 12.4. The second kappa shape index (κ2) is 8.69. The molecule has 2 N–H and O–H groups in total. The summed E-state index contributed by atoms with van der Waals surface area (Å²) in [6.07, 6.45) is 0. The molecule has 1 atom stereocenters. The molecule has 0 fully saturated rings. The number of guanidine groups is 1. The minimum Gasteiger partial charge on any atom is -0.356 e. The van der Waals surface area contributed by atoms with Crippen molar-refractivity contribution in [3.8, 4) is 0 Å². The number of aliphatic imine (C=N–C) groups is 1. The zero-order valence-corrected chi connectivity index (χ0v) is 16.5. The number of benzene rings is 2. The lowest BCUT2D eigenvalue weighted by Crippen LogP contribution is -2.43. The number of aryl methyl sites for hydroxylation is 1. The molecule has 0 spiro atoms. The molecule has 1 heterocycles. The van der Waals surface area contributed by atoms with Crippen molar-refractivity contribution in [1.82, 2.24) is 15.5 Å². The van der Waals surface area contributed by atoms with Gasteiger partial charge < -0.3 is 10.6 Å². The number of nitrogens with zero attached hydrogens (tertiary/aromatic N) is 2. The van der Waals surface area contributed by atoms with Crippen molar-refractivity contribution in [3.05, 3.63) is 70.8 Å². The number of fused-ring (bicyclic) bond motifs is 1. The molecule has 6 heteroatoms. The third kappa shape index (κ3) is 4.22. The SMILES string of the molecule is CN=C(NCCN1C(=O)c2ccccc2C1=O)NCC(C)c1ccc(C)cc1. The van der Waals surface area contributed by atoms with Gasteiger partial charge in [0.1, 0.15) is 0 Å². The van der Waals surface area contributed by atoms with E-state index in [1.807, 2.05) is 0 Å². The fraction of sp³-hybridized carbons (Fsp3) is 0.318. The molecule has 0 bridgehead atoms. The van der Waals surface area contributed by atoms with Crippen molar-refractivity contribution in [3.63, 3.8) is 0 Å². The van der Waals surface area contributed by atoms with E-state index in [-0.39, 0.29) is 11.8 Å². The lowest BCUT2D eigenvalue weighted by atomic mass is 10.0. The number of carbonyl (C=O) groups excluding carboxylic acids is 2. The van der Waals surface area contributed by atoms with Gasteiger partial charge in [-0.2, -0.15) is 0 Å². The van der Waals surface area contributed by atoms with Crippen LogP contribution in [0.5, 0.6) is 0 Å². The van der Waals surface area contributed by atoms with Crippen molar-refractivity contribution in [2.45, 2.75) is 19.8 Å². The van der Waals surface area contributed by atoms with E-state index in [0.717, 1.165) is 6.54 Å². The van der Waals surface area contributed by atoms with E-state index in [2.05, 4.69) is 53.7 Å². The minimum absolute atomic E-state index is 0.238. The molecule has 1 aliphatic heterocycles. The molecule has 0 radical (unpaired) electrons. The van der Waals surface area contributed by atoms with Crippen LogP contribution in [0.1, 0.15) is 44.7 Å². The van der Waals surface area contributed by atoms with Crippen LogP contribution in [0.3, 0.4) is 0 Å². The Labute approximate surface area is 165 Å². The first-order chi connectivity index (χ1) is 13.5. The van der Waals surface area contributed by atoms with Crippen molar-refractivity contribution < 1.29 is 9.59 Å². The first kappa shape index (κ1) is 19.6. The summed E-state index contributed by atoms with van der Waals surface area (Å²) in [5, 5.41) is 6.47. The Hall–Kier alpha value is -3.15. The summed E-state index contributed by atoms with van der Waals surface area (Å²) in [5.41, 5.74) is 3.46. The summed E-state index contributed by atoms with van der Waals surface area (Å²) in [4.78, 5) is 30.3. The van der Waals surface area contributed by atoms with Gasteiger partial charge in [-0.25, -0.2) is 0 Å². The van der Waals surface area contributed by atoms with E-state index in [0.29, 0.717) is 36.1 Å². The molecule has 2 amide bonds. The first-order valence-electron chi connectivity index (χ1n) is 9.47. The van der Waals surface area contributed by atoms with E-state index in [9.17, 15) is 9.59 Å². The Morgan fingerprint density at radius 2 is 1.61 bits per heavy atom. The lowest BCUT2D eigenvalue weighted by molar-refractivity contribution is 0.0657. The van der Waals surface area contributed by atoms with Gasteiger partial charge in [0.25, 0.3) is 11.8 Å². The van der Waals surface area contributed by atoms with Gasteiger partial charge in [0.15, 0.2) is 5.96 Å². The van der Waals surface area contributed by atoms with Gasteiger partial charge in [0.05, 0.1) is 11.1 Å². The van der Waals surface area contributed by atoms with Crippen LogP contribution in [0.15, 0.2) is 53.5 Å². The first-order valence-corrected chi connectivity index (χ1v) is 9.47. The number of nitrogens with one attached hydrogen (secondary N) is 2. The third-order valence-corrected chi connectivity index (χ3v) is 4.95. The molecule has 2 aromatic carbocycles. The van der Waals surface area contributed by atoms with E-state index in [1.54, 1.807) is 31.3 Å². The Kier molecular flexibility index (Phi) is 6.09. The van der Waals surface area contributed by atoms with Gasteiger partial charge >= 0.3 is 0 Å². The summed E-state index contributed by atoms with van der Waals surface area (Å²) in [6, 6.07) is 15.4.